The lowest BCUT2D eigenvalue weighted by atomic mass is 9.77. The Morgan fingerprint density at radius 3 is 2.72 bits per heavy atom. The number of aliphatic hydroxyl groups excluding tert-OH is 1. The molecule has 2 aromatic heterocycles. The molecule has 1 saturated carbocycles. The summed E-state index contributed by atoms with van der Waals surface area (Å²) in [5.41, 5.74) is 0.563. The second-order valence-corrected chi connectivity index (χ2v) is 6.80. The molecule has 8 heteroatoms. The number of nitrogens with zero attached hydrogens (tertiary/aromatic N) is 5. The van der Waals surface area contributed by atoms with Gasteiger partial charge in [-0.05, 0) is 30.7 Å². The lowest BCUT2D eigenvalue weighted by Gasteiger charge is -2.34. The molecule has 2 aromatic rings. The Hall–Kier alpha value is -2.48. The summed E-state index contributed by atoms with van der Waals surface area (Å²) in [6.07, 6.45) is 5.71. The van der Waals surface area contributed by atoms with E-state index >= 15 is 0 Å². The first-order chi connectivity index (χ1) is 12.2. The van der Waals surface area contributed by atoms with Gasteiger partial charge in [0.15, 0.2) is 0 Å². The van der Waals surface area contributed by atoms with Gasteiger partial charge in [0.05, 0.1) is 24.8 Å². The SMILES string of the molecule is COc1ccc(C(=O)N2C[C@H]3C[C@@H](n4cncn4)[C@H](O)C[C@H]3C2)cn1. The van der Waals surface area contributed by atoms with E-state index in [1.54, 1.807) is 36.4 Å². The average Bonchev–Trinajstić information content (AvgIpc) is 3.29. The fourth-order valence-corrected chi connectivity index (χ4v) is 4.06. The number of rotatable bonds is 3. The second kappa shape index (κ2) is 6.44. The number of carbonyl (C=O) groups excluding carboxylic acids is 1. The molecule has 0 unspecified atom stereocenters. The molecular formula is C17H21N5O3. The van der Waals surface area contributed by atoms with Crippen molar-refractivity contribution < 1.29 is 14.6 Å². The third-order valence-electron chi connectivity index (χ3n) is 5.37. The van der Waals surface area contributed by atoms with Crippen LogP contribution in [0.3, 0.4) is 0 Å². The Morgan fingerprint density at radius 1 is 1.28 bits per heavy atom. The van der Waals surface area contributed by atoms with E-state index in [-0.39, 0.29) is 11.9 Å². The van der Waals surface area contributed by atoms with Crippen molar-refractivity contribution in [2.75, 3.05) is 20.2 Å². The van der Waals surface area contributed by atoms with Gasteiger partial charge in [0, 0.05) is 25.4 Å². The van der Waals surface area contributed by atoms with Crippen molar-refractivity contribution in [1.29, 1.82) is 0 Å². The molecule has 0 radical (unpaired) electrons. The molecule has 1 N–H and O–H groups in total. The maximum Gasteiger partial charge on any atom is 0.255 e. The van der Waals surface area contributed by atoms with Crippen molar-refractivity contribution in [3.8, 4) is 5.88 Å². The highest BCUT2D eigenvalue weighted by Gasteiger charge is 2.43. The van der Waals surface area contributed by atoms with Gasteiger partial charge in [0.1, 0.15) is 12.7 Å². The molecule has 25 heavy (non-hydrogen) atoms. The van der Waals surface area contributed by atoms with E-state index in [0.29, 0.717) is 42.8 Å². The summed E-state index contributed by atoms with van der Waals surface area (Å²) in [7, 11) is 1.55. The number of likely N-dealkylation sites (tertiary alicyclic amines) is 1. The minimum Gasteiger partial charge on any atom is -0.481 e. The number of amides is 1. The molecule has 1 saturated heterocycles. The number of hydrogen-bond acceptors (Lipinski definition) is 6. The number of hydrogen-bond donors (Lipinski definition) is 1. The van der Waals surface area contributed by atoms with Gasteiger partial charge in [-0.3, -0.25) is 4.79 Å². The lowest BCUT2D eigenvalue weighted by Crippen LogP contribution is -2.36. The first-order valence-electron chi connectivity index (χ1n) is 8.47. The van der Waals surface area contributed by atoms with Crippen LogP contribution in [-0.2, 0) is 0 Å². The Bertz CT molecular complexity index is 733. The number of methoxy groups -OCH3 is 1. The van der Waals surface area contributed by atoms with Crippen LogP contribution in [0, 0.1) is 11.8 Å². The molecule has 8 nitrogen and oxygen atoms in total. The summed E-state index contributed by atoms with van der Waals surface area (Å²) < 4.78 is 6.77. The Kier molecular flexibility index (Phi) is 4.12. The topological polar surface area (TPSA) is 93.4 Å². The zero-order chi connectivity index (χ0) is 17.4. The summed E-state index contributed by atoms with van der Waals surface area (Å²) >= 11 is 0. The van der Waals surface area contributed by atoms with E-state index in [2.05, 4.69) is 15.1 Å². The van der Waals surface area contributed by atoms with Gasteiger partial charge >= 0.3 is 0 Å². The number of pyridine rings is 1. The van der Waals surface area contributed by atoms with E-state index in [9.17, 15) is 9.90 Å². The molecule has 2 fully saturated rings. The van der Waals surface area contributed by atoms with Crippen LogP contribution in [0.1, 0.15) is 29.2 Å². The minimum atomic E-state index is -0.458. The fourth-order valence-electron chi connectivity index (χ4n) is 4.06. The average molecular weight is 343 g/mol. The predicted octanol–water partition coefficient (Wildman–Crippen LogP) is 0.766. The van der Waals surface area contributed by atoms with Gasteiger partial charge in [0.2, 0.25) is 5.88 Å². The van der Waals surface area contributed by atoms with Gasteiger partial charge in [-0.25, -0.2) is 14.6 Å². The number of ether oxygens (including phenoxy) is 1. The smallest absolute Gasteiger partial charge is 0.255 e. The second-order valence-electron chi connectivity index (χ2n) is 6.80. The van der Waals surface area contributed by atoms with E-state index in [1.807, 2.05) is 4.90 Å². The van der Waals surface area contributed by atoms with Crippen LogP contribution in [0.5, 0.6) is 5.88 Å². The first kappa shape index (κ1) is 16.0. The van der Waals surface area contributed by atoms with Crippen LogP contribution in [0.15, 0.2) is 31.0 Å². The number of fused-ring (bicyclic) bond motifs is 1. The van der Waals surface area contributed by atoms with Crippen molar-refractivity contribution in [2.24, 2.45) is 11.8 Å². The van der Waals surface area contributed by atoms with E-state index in [4.69, 9.17) is 4.74 Å². The van der Waals surface area contributed by atoms with Gasteiger partial charge < -0.3 is 14.7 Å². The fraction of sp³-hybridized carbons (Fsp3) is 0.529. The maximum atomic E-state index is 12.7. The molecule has 1 aliphatic carbocycles. The van der Waals surface area contributed by atoms with E-state index in [0.717, 1.165) is 6.42 Å². The summed E-state index contributed by atoms with van der Waals surface area (Å²) in [6, 6.07) is 3.37. The van der Waals surface area contributed by atoms with Crippen LogP contribution in [-0.4, -0.2) is 62.0 Å². The van der Waals surface area contributed by atoms with Crippen LogP contribution < -0.4 is 4.74 Å². The third kappa shape index (κ3) is 2.97. The largest absolute Gasteiger partial charge is 0.481 e. The molecule has 0 aromatic carbocycles. The number of aromatic nitrogens is 4. The van der Waals surface area contributed by atoms with Crippen LogP contribution in [0.4, 0.5) is 0 Å². The van der Waals surface area contributed by atoms with Crippen LogP contribution in [0.2, 0.25) is 0 Å². The molecule has 4 atom stereocenters. The van der Waals surface area contributed by atoms with Crippen LogP contribution >= 0.6 is 0 Å². The summed E-state index contributed by atoms with van der Waals surface area (Å²) in [4.78, 5) is 22.7. The maximum absolute atomic E-state index is 12.7. The number of aliphatic hydroxyl groups is 1. The minimum absolute atomic E-state index is 0.0173. The van der Waals surface area contributed by atoms with Gasteiger partial charge in [0.25, 0.3) is 5.91 Å². The van der Waals surface area contributed by atoms with Crippen molar-refractivity contribution in [1.82, 2.24) is 24.6 Å². The molecule has 0 bridgehead atoms. The van der Waals surface area contributed by atoms with Gasteiger partial charge in [-0.15, -0.1) is 0 Å². The zero-order valence-electron chi connectivity index (χ0n) is 14.0. The third-order valence-corrected chi connectivity index (χ3v) is 5.37. The summed E-state index contributed by atoms with van der Waals surface area (Å²) in [5, 5.41) is 14.6. The summed E-state index contributed by atoms with van der Waals surface area (Å²) in [6.45, 7) is 1.38. The molecule has 3 heterocycles. The molecule has 1 amide bonds. The number of carbonyl (C=O) groups is 1. The molecular weight excluding hydrogens is 322 g/mol. The predicted molar refractivity (Wildman–Crippen MR) is 88.0 cm³/mol. The Balaban J connectivity index is 1.46. The summed E-state index contributed by atoms with van der Waals surface area (Å²) in [5.74, 6) is 1.17. The normalized spacial score (nSPS) is 28.6. The van der Waals surface area contributed by atoms with E-state index < -0.39 is 6.10 Å². The highest BCUT2D eigenvalue weighted by Crippen LogP contribution is 2.41. The first-order valence-corrected chi connectivity index (χ1v) is 8.47. The molecule has 2 aliphatic rings. The van der Waals surface area contributed by atoms with Crippen molar-refractivity contribution in [3.63, 3.8) is 0 Å². The monoisotopic (exact) mass is 343 g/mol. The highest BCUT2D eigenvalue weighted by atomic mass is 16.5. The molecule has 132 valence electrons. The van der Waals surface area contributed by atoms with Gasteiger partial charge in [-0.2, -0.15) is 5.10 Å². The molecule has 4 rings (SSSR count). The molecule has 0 spiro atoms. The highest BCUT2D eigenvalue weighted by molar-refractivity contribution is 5.94. The van der Waals surface area contributed by atoms with Crippen molar-refractivity contribution >= 4 is 5.91 Å². The van der Waals surface area contributed by atoms with Crippen LogP contribution in [0.25, 0.3) is 0 Å². The van der Waals surface area contributed by atoms with Crippen molar-refractivity contribution in [2.45, 2.75) is 25.0 Å². The van der Waals surface area contributed by atoms with E-state index in [1.165, 1.54) is 6.33 Å². The lowest BCUT2D eigenvalue weighted by molar-refractivity contribution is 0.0304. The quantitative estimate of drug-likeness (QED) is 0.885. The van der Waals surface area contributed by atoms with Crippen molar-refractivity contribution in [3.05, 3.63) is 36.5 Å². The molecule has 1 aliphatic heterocycles. The Labute approximate surface area is 145 Å². The van der Waals surface area contributed by atoms with Gasteiger partial charge in [-0.1, -0.05) is 0 Å². The Morgan fingerprint density at radius 2 is 2.08 bits per heavy atom. The standard InChI is InChI=1S/C17H21N5O3/c1-25-16-3-2-11(6-19-16)17(24)21-7-12-4-14(22-10-18-9-20-22)15(23)5-13(12)8-21/h2-3,6,9-10,12-15,23H,4-5,7-8H2,1H3/t12-,13+,14-,15-/m1/s1. The zero-order valence-corrected chi connectivity index (χ0v) is 14.0.